The lowest BCUT2D eigenvalue weighted by molar-refractivity contribution is 0.0919. The van der Waals surface area contributed by atoms with Crippen LogP contribution in [-0.2, 0) is 0 Å². The smallest absolute Gasteiger partial charge is 0.251 e. The number of amides is 1. The highest BCUT2D eigenvalue weighted by atomic mass is 16.3. The third-order valence-corrected chi connectivity index (χ3v) is 8.99. The van der Waals surface area contributed by atoms with E-state index in [1.165, 1.54) is 18.5 Å². The number of hydrogen-bond donors (Lipinski definition) is 3. The van der Waals surface area contributed by atoms with Gasteiger partial charge in [0.1, 0.15) is 0 Å². The maximum absolute atomic E-state index is 13.5. The lowest BCUT2D eigenvalue weighted by atomic mass is 9.96. The molecule has 7 rings (SSSR count). The minimum atomic E-state index is -0.195. The Morgan fingerprint density at radius 1 is 0.974 bits per heavy atom. The Hall–Kier alpha value is -3.78. The Kier molecular flexibility index (Phi) is 6.27. The van der Waals surface area contributed by atoms with E-state index < -0.39 is 0 Å². The van der Waals surface area contributed by atoms with E-state index in [1.807, 2.05) is 18.2 Å². The zero-order valence-corrected chi connectivity index (χ0v) is 22.0. The molecule has 1 saturated carbocycles. The molecule has 3 fully saturated rings. The van der Waals surface area contributed by atoms with E-state index in [0.717, 1.165) is 60.7 Å². The summed E-state index contributed by atoms with van der Waals surface area (Å²) in [6, 6.07) is 16.7. The molecule has 4 aromatic rings. The normalized spacial score (nSPS) is 23.8. The fourth-order valence-corrected chi connectivity index (χ4v) is 7.12. The second kappa shape index (κ2) is 10.1. The number of fused-ring (bicyclic) bond motifs is 3. The number of piperidine rings is 1. The second-order valence-corrected chi connectivity index (χ2v) is 11.4. The molecule has 8 heteroatoms. The molecule has 2 aromatic heterocycles. The topological polar surface area (TPSA) is 107 Å². The fraction of sp³-hybridized carbons (Fsp3) is 0.419. The summed E-state index contributed by atoms with van der Waals surface area (Å²) in [5, 5.41) is 22.1. The molecular weight excluding hydrogens is 488 g/mol. The van der Waals surface area contributed by atoms with Crippen LogP contribution in [0.15, 0.2) is 60.9 Å². The molecule has 2 aliphatic heterocycles. The van der Waals surface area contributed by atoms with Gasteiger partial charge in [0.25, 0.3) is 5.91 Å². The van der Waals surface area contributed by atoms with Gasteiger partial charge in [-0.3, -0.25) is 9.89 Å². The van der Waals surface area contributed by atoms with Gasteiger partial charge in [-0.05, 0) is 80.8 Å². The number of nitrogens with zero attached hydrogens (tertiary/aromatic N) is 4. The summed E-state index contributed by atoms with van der Waals surface area (Å²) < 4.78 is 0. The van der Waals surface area contributed by atoms with E-state index in [0.29, 0.717) is 29.4 Å². The molecule has 200 valence electrons. The molecule has 4 atom stereocenters. The quantitative estimate of drug-likeness (QED) is 0.322. The first-order chi connectivity index (χ1) is 19.1. The highest BCUT2D eigenvalue weighted by molar-refractivity contribution is 6.01. The predicted octanol–water partition coefficient (Wildman–Crippen LogP) is 5.17. The number of aliphatic hydroxyl groups is 1. The van der Waals surface area contributed by atoms with Crippen LogP contribution >= 0.6 is 0 Å². The average molecular weight is 523 g/mol. The Labute approximate surface area is 227 Å². The predicted molar refractivity (Wildman–Crippen MR) is 150 cm³/mol. The first kappa shape index (κ1) is 24.3. The standard InChI is InChI=1S/C31H34N6O2/c38-25-17-23-11-12-24(18-25)37(23)22-9-6-20(7-10-22)28-26-16-21(8-13-27(26)35-36-28)31(39)34-29(19-4-1-2-5-19)30-32-14-3-15-33-30/h3,6-10,13-16,19,23-25,29,38H,1-2,4-5,11-12,17-18H2,(H,34,39)(H,35,36)/t23-,24+,25+,29-/m0/s1. The highest BCUT2D eigenvalue weighted by Gasteiger charge is 2.40. The maximum Gasteiger partial charge on any atom is 0.251 e. The molecule has 2 saturated heterocycles. The van der Waals surface area contributed by atoms with Crippen molar-refractivity contribution in [3.05, 3.63) is 72.3 Å². The first-order valence-electron chi connectivity index (χ1n) is 14.3. The number of carbonyl (C=O) groups is 1. The van der Waals surface area contributed by atoms with Crippen molar-refractivity contribution < 1.29 is 9.90 Å². The van der Waals surface area contributed by atoms with Gasteiger partial charge in [-0.1, -0.05) is 25.0 Å². The van der Waals surface area contributed by atoms with Crippen LogP contribution in [-0.4, -0.2) is 49.4 Å². The van der Waals surface area contributed by atoms with Crippen molar-refractivity contribution in [3.8, 4) is 11.3 Å². The Morgan fingerprint density at radius 3 is 2.41 bits per heavy atom. The number of anilines is 1. The monoisotopic (exact) mass is 522 g/mol. The molecule has 2 aromatic carbocycles. The van der Waals surface area contributed by atoms with E-state index in [9.17, 15) is 9.90 Å². The number of carbonyl (C=O) groups excluding carboxylic acids is 1. The lowest BCUT2D eigenvalue weighted by Gasteiger charge is -2.39. The second-order valence-electron chi connectivity index (χ2n) is 11.4. The van der Waals surface area contributed by atoms with E-state index >= 15 is 0 Å². The van der Waals surface area contributed by atoms with E-state index in [2.05, 4.69) is 54.6 Å². The van der Waals surface area contributed by atoms with E-state index in [4.69, 9.17) is 0 Å². The van der Waals surface area contributed by atoms with Gasteiger partial charge in [0, 0.05) is 46.7 Å². The molecule has 3 N–H and O–H groups in total. The summed E-state index contributed by atoms with van der Waals surface area (Å²) in [5.41, 5.74) is 4.55. The molecule has 1 amide bonds. The van der Waals surface area contributed by atoms with Crippen molar-refractivity contribution in [2.45, 2.75) is 75.6 Å². The van der Waals surface area contributed by atoms with Crippen LogP contribution < -0.4 is 10.2 Å². The average Bonchev–Trinajstić information content (AvgIpc) is 3.70. The van der Waals surface area contributed by atoms with Crippen LogP contribution in [0.1, 0.15) is 73.6 Å². The van der Waals surface area contributed by atoms with Gasteiger partial charge in [-0.25, -0.2) is 9.97 Å². The van der Waals surface area contributed by atoms with Crippen LogP contribution in [0.3, 0.4) is 0 Å². The molecule has 39 heavy (non-hydrogen) atoms. The molecule has 0 unspecified atom stereocenters. The summed E-state index contributed by atoms with van der Waals surface area (Å²) >= 11 is 0. The largest absolute Gasteiger partial charge is 0.393 e. The number of aromatic nitrogens is 4. The van der Waals surface area contributed by atoms with Gasteiger partial charge in [0.15, 0.2) is 5.82 Å². The number of aliphatic hydroxyl groups excluding tert-OH is 1. The summed E-state index contributed by atoms with van der Waals surface area (Å²) in [6.45, 7) is 0. The van der Waals surface area contributed by atoms with Crippen molar-refractivity contribution >= 4 is 22.5 Å². The van der Waals surface area contributed by atoms with Gasteiger partial charge in [0.2, 0.25) is 0 Å². The zero-order valence-electron chi connectivity index (χ0n) is 22.0. The number of benzene rings is 2. The number of aromatic amines is 1. The lowest BCUT2D eigenvalue weighted by Crippen LogP contribution is -2.44. The third-order valence-electron chi connectivity index (χ3n) is 8.99. The molecule has 1 aliphatic carbocycles. The van der Waals surface area contributed by atoms with E-state index in [1.54, 1.807) is 18.5 Å². The zero-order chi connectivity index (χ0) is 26.3. The van der Waals surface area contributed by atoms with Gasteiger partial charge in [-0.15, -0.1) is 0 Å². The van der Waals surface area contributed by atoms with Crippen LogP contribution in [0.25, 0.3) is 22.2 Å². The van der Waals surface area contributed by atoms with Gasteiger partial charge < -0.3 is 15.3 Å². The van der Waals surface area contributed by atoms with Crippen LogP contribution in [0.4, 0.5) is 5.69 Å². The number of H-pyrrole nitrogens is 1. The molecule has 4 heterocycles. The maximum atomic E-state index is 13.5. The number of rotatable bonds is 6. The van der Waals surface area contributed by atoms with Gasteiger partial charge in [0.05, 0.1) is 23.4 Å². The van der Waals surface area contributed by atoms with Crippen molar-refractivity contribution in [2.75, 3.05) is 4.90 Å². The van der Waals surface area contributed by atoms with E-state index in [-0.39, 0.29) is 18.1 Å². The van der Waals surface area contributed by atoms with Gasteiger partial charge in [-0.2, -0.15) is 5.10 Å². The van der Waals surface area contributed by atoms with Crippen molar-refractivity contribution in [2.24, 2.45) is 5.92 Å². The molecular formula is C31H34N6O2. The Balaban J connectivity index is 1.14. The minimum absolute atomic E-state index is 0.119. The van der Waals surface area contributed by atoms with Gasteiger partial charge >= 0.3 is 0 Å². The summed E-state index contributed by atoms with van der Waals surface area (Å²) in [7, 11) is 0. The molecule has 3 aliphatic rings. The minimum Gasteiger partial charge on any atom is -0.393 e. The molecule has 2 bridgehead atoms. The molecule has 8 nitrogen and oxygen atoms in total. The summed E-state index contributed by atoms with van der Waals surface area (Å²) in [4.78, 5) is 24.9. The van der Waals surface area contributed by atoms with Crippen molar-refractivity contribution in [3.63, 3.8) is 0 Å². The van der Waals surface area contributed by atoms with Crippen LogP contribution in [0, 0.1) is 5.92 Å². The number of nitrogens with one attached hydrogen (secondary N) is 2. The number of hydrogen-bond acceptors (Lipinski definition) is 6. The van der Waals surface area contributed by atoms with Crippen molar-refractivity contribution in [1.82, 2.24) is 25.5 Å². The Bertz CT molecular complexity index is 1450. The fourth-order valence-electron chi connectivity index (χ4n) is 7.12. The van der Waals surface area contributed by atoms with Crippen LogP contribution in [0.5, 0.6) is 0 Å². The first-order valence-corrected chi connectivity index (χ1v) is 14.3. The SMILES string of the molecule is O=C(N[C@H](c1ncccn1)C1CCCC1)c1ccc2[nH]nc(-c3ccc(N4[C@@H]5CC[C@H]4C[C@@H](O)C5)cc3)c2c1. The molecule has 0 spiro atoms. The summed E-state index contributed by atoms with van der Waals surface area (Å²) in [6.07, 6.45) is 11.8. The van der Waals surface area contributed by atoms with Crippen LogP contribution in [0.2, 0.25) is 0 Å². The third kappa shape index (κ3) is 4.56. The highest BCUT2D eigenvalue weighted by Crippen LogP contribution is 2.40. The van der Waals surface area contributed by atoms with Crippen molar-refractivity contribution in [1.29, 1.82) is 0 Å². The Morgan fingerprint density at radius 2 is 1.69 bits per heavy atom. The molecule has 0 radical (unpaired) electrons. The summed E-state index contributed by atoms with van der Waals surface area (Å²) in [5.74, 6) is 0.910.